The molecule has 3 fully saturated rings. The molecule has 1 aliphatic carbocycles. The van der Waals surface area contributed by atoms with Crippen LogP contribution in [-0.2, 0) is 16.2 Å². The van der Waals surface area contributed by atoms with Crippen LogP contribution in [0.1, 0.15) is 54.7 Å². The smallest absolute Gasteiger partial charge is 0.373 e. The van der Waals surface area contributed by atoms with Gasteiger partial charge in [-0.25, -0.2) is 18.6 Å². The third-order valence-corrected chi connectivity index (χ3v) is 6.83. The first-order valence-corrected chi connectivity index (χ1v) is 12.0. The standard InChI is InChI=1S/C25H25F2N5O4/c26-18-2-1-3-19(27)21(18)22-17(23(35-30-22)14-4-5-14)13-34-16-8-10-32(11-9-16)20-7-6-15(12-28-20)24-29-25(33)36-31-24/h1-3,6-7,12,14,16,24,31H,4-5,8-11,13H2,(H,29,33). The van der Waals surface area contributed by atoms with Crippen molar-refractivity contribution in [2.24, 2.45) is 0 Å². The zero-order chi connectivity index (χ0) is 24.6. The number of hydrogen-bond donors (Lipinski definition) is 2. The van der Waals surface area contributed by atoms with Crippen LogP contribution in [0.25, 0.3) is 11.3 Å². The van der Waals surface area contributed by atoms with Gasteiger partial charge in [-0.05, 0) is 43.9 Å². The number of carbonyl (C=O) groups is 1. The molecule has 2 aromatic heterocycles. The summed E-state index contributed by atoms with van der Waals surface area (Å²) in [5.74, 6) is 0.409. The van der Waals surface area contributed by atoms with Gasteiger partial charge in [-0.15, -0.1) is 5.48 Å². The molecule has 11 heteroatoms. The Hall–Kier alpha value is -3.57. The molecule has 3 aliphatic rings. The van der Waals surface area contributed by atoms with Crippen molar-refractivity contribution in [1.82, 2.24) is 20.9 Å². The predicted octanol–water partition coefficient (Wildman–Crippen LogP) is 4.32. The molecule has 3 aromatic rings. The highest BCUT2D eigenvalue weighted by atomic mass is 19.1. The third kappa shape index (κ3) is 4.51. The van der Waals surface area contributed by atoms with Crippen molar-refractivity contribution in [2.75, 3.05) is 18.0 Å². The first-order chi connectivity index (χ1) is 17.6. The normalized spacial score (nSPS) is 20.4. The first kappa shape index (κ1) is 22.9. The summed E-state index contributed by atoms with van der Waals surface area (Å²) in [5, 5.41) is 6.68. The molecule has 1 saturated carbocycles. The molecule has 1 aromatic carbocycles. The Kier molecular flexibility index (Phi) is 6.02. The Bertz CT molecular complexity index is 1240. The highest BCUT2D eigenvalue weighted by Gasteiger charge is 2.34. The summed E-state index contributed by atoms with van der Waals surface area (Å²) in [6.45, 7) is 1.71. The lowest BCUT2D eigenvalue weighted by atomic mass is 10.0. The Morgan fingerprint density at radius 1 is 1.08 bits per heavy atom. The fourth-order valence-corrected chi connectivity index (χ4v) is 4.70. The van der Waals surface area contributed by atoms with Gasteiger partial charge in [-0.2, -0.15) is 0 Å². The van der Waals surface area contributed by atoms with Crippen LogP contribution in [-0.4, -0.2) is 35.4 Å². The lowest BCUT2D eigenvalue weighted by Crippen LogP contribution is -2.37. The molecule has 0 radical (unpaired) electrons. The van der Waals surface area contributed by atoms with E-state index in [2.05, 4.69) is 25.8 Å². The minimum Gasteiger partial charge on any atom is -0.373 e. The van der Waals surface area contributed by atoms with Gasteiger partial charge in [0, 0.05) is 36.3 Å². The molecule has 36 heavy (non-hydrogen) atoms. The van der Waals surface area contributed by atoms with Gasteiger partial charge in [0.25, 0.3) is 0 Å². The van der Waals surface area contributed by atoms with Crippen LogP contribution in [0, 0.1) is 11.6 Å². The van der Waals surface area contributed by atoms with E-state index in [0.717, 1.165) is 50.2 Å². The van der Waals surface area contributed by atoms with Crippen molar-refractivity contribution in [1.29, 1.82) is 0 Å². The number of aromatic nitrogens is 2. The summed E-state index contributed by atoms with van der Waals surface area (Å²) in [6.07, 6.45) is 4.28. The first-order valence-electron chi connectivity index (χ1n) is 12.0. The second-order valence-electron chi connectivity index (χ2n) is 9.28. The average Bonchev–Trinajstić information content (AvgIpc) is 3.51. The molecule has 188 valence electrons. The molecule has 1 atom stereocenters. The topological polar surface area (TPSA) is 102 Å². The Morgan fingerprint density at radius 2 is 1.86 bits per heavy atom. The lowest BCUT2D eigenvalue weighted by Gasteiger charge is -2.32. The number of carbonyl (C=O) groups excluding carboxylic acids is 1. The van der Waals surface area contributed by atoms with E-state index in [1.54, 1.807) is 6.20 Å². The molecule has 4 heterocycles. The summed E-state index contributed by atoms with van der Waals surface area (Å²) < 4.78 is 40.7. The van der Waals surface area contributed by atoms with E-state index in [1.165, 1.54) is 18.2 Å². The Labute approximate surface area is 205 Å². The third-order valence-electron chi connectivity index (χ3n) is 6.83. The van der Waals surface area contributed by atoms with Gasteiger partial charge in [-0.3, -0.25) is 5.32 Å². The van der Waals surface area contributed by atoms with E-state index in [-0.39, 0.29) is 29.9 Å². The molecule has 2 aliphatic heterocycles. The van der Waals surface area contributed by atoms with E-state index in [9.17, 15) is 13.6 Å². The summed E-state index contributed by atoms with van der Waals surface area (Å²) in [5.41, 5.74) is 4.05. The number of piperidine rings is 1. The summed E-state index contributed by atoms with van der Waals surface area (Å²) in [4.78, 5) is 22.6. The van der Waals surface area contributed by atoms with Crippen LogP contribution in [0.4, 0.5) is 19.4 Å². The van der Waals surface area contributed by atoms with Crippen LogP contribution in [0.15, 0.2) is 41.1 Å². The van der Waals surface area contributed by atoms with Crippen molar-refractivity contribution in [3.63, 3.8) is 0 Å². The number of rotatable bonds is 7. The molecule has 1 unspecified atom stereocenters. The zero-order valence-corrected chi connectivity index (χ0v) is 19.4. The van der Waals surface area contributed by atoms with E-state index < -0.39 is 23.9 Å². The summed E-state index contributed by atoms with van der Waals surface area (Å²) in [6, 6.07) is 7.58. The molecule has 2 saturated heterocycles. The number of hydroxylamine groups is 1. The van der Waals surface area contributed by atoms with Gasteiger partial charge < -0.3 is 19.0 Å². The van der Waals surface area contributed by atoms with Gasteiger partial charge >= 0.3 is 6.09 Å². The number of nitrogens with one attached hydrogen (secondary N) is 2. The molecule has 0 spiro atoms. The zero-order valence-electron chi connectivity index (χ0n) is 19.4. The number of anilines is 1. The largest absolute Gasteiger partial charge is 0.427 e. The number of nitrogens with zero attached hydrogens (tertiary/aromatic N) is 3. The maximum absolute atomic E-state index is 14.5. The van der Waals surface area contributed by atoms with E-state index in [0.29, 0.717) is 11.3 Å². The second kappa shape index (κ2) is 9.47. The fourth-order valence-electron chi connectivity index (χ4n) is 4.70. The van der Waals surface area contributed by atoms with Crippen molar-refractivity contribution < 1.29 is 27.7 Å². The fraction of sp³-hybridized carbons (Fsp3) is 0.400. The van der Waals surface area contributed by atoms with E-state index in [4.69, 9.17) is 14.1 Å². The quantitative estimate of drug-likeness (QED) is 0.498. The highest BCUT2D eigenvalue weighted by Crippen LogP contribution is 2.45. The molecular formula is C25H25F2N5O4. The van der Waals surface area contributed by atoms with Gasteiger partial charge in [0.05, 0.1) is 18.3 Å². The summed E-state index contributed by atoms with van der Waals surface area (Å²) in [7, 11) is 0. The number of benzene rings is 1. The lowest BCUT2D eigenvalue weighted by molar-refractivity contribution is 0.0245. The Morgan fingerprint density at radius 3 is 2.50 bits per heavy atom. The molecule has 0 bridgehead atoms. The van der Waals surface area contributed by atoms with Gasteiger partial charge in [-0.1, -0.05) is 17.3 Å². The minimum absolute atomic E-state index is 0.00385. The van der Waals surface area contributed by atoms with Crippen LogP contribution < -0.4 is 15.7 Å². The molecule has 9 nitrogen and oxygen atoms in total. The van der Waals surface area contributed by atoms with E-state index >= 15 is 0 Å². The second-order valence-corrected chi connectivity index (χ2v) is 9.28. The van der Waals surface area contributed by atoms with Crippen LogP contribution in [0.3, 0.4) is 0 Å². The van der Waals surface area contributed by atoms with Crippen molar-refractivity contribution in [2.45, 2.75) is 50.5 Å². The van der Waals surface area contributed by atoms with Crippen LogP contribution in [0.2, 0.25) is 0 Å². The van der Waals surface area contributed by atoms with Crippen molar-refractivity contribution >= 4 is 11.9 Å². The molecule has 2 N–H and O–H groups in total. The molecular weight excluding hydrogens is 472 g/mol. The number of pyridine rings is 1. The molecule has 1 amide bonds. The minimum atomic E-state index is -0.669. The number of hydrogen-bond acceptors (Lipinski definition) is 8. The SMILES string of the molecule is O=C1NC(c2ccc(N3CCC(OCc4c(-c5c(F)cccc5F)noc4C4CC4)CC3)nc2)NO1. The monoisotopic (exact) mass is 497 g/mol. The summed E-state index contributed by atoms with van der Waals surface area (Å²) >= 11 is 0. The average molecular weight is 498 g/mol. The van der Waals surface area contributed by atoms with Gasteiger partial charge in [0.1, 0.15) is 35.1 Å². The van der Waals surface area contributed by atoms with Gasteiger partial charge in [0.2, 0.25) is 0 Å². The van der Waals surface area contributed by atoms with Crippen LogP contribution >= 0.6 is 0 Å². The maximum Gasteiger partial charge on any atom is 0.427 e. The van der Waals surface area contributed by atoms with Gasteiger partial charge in [0.15, 0.2) is 0 Å². The van der Waals surface area contributed by atoms with Crippen molar-refractivity contribution in [3.8, 4) is 11.3 Å². The maximum atomic E-state index is 14.5. The number of amides is 1. The number of ether oxygens (including phenoxy) is 1. The van der Waals surface area contributed by atoms with E-state index in [1.807, 2.05) is 12.1 Å². The predicted molar refractivity (Wildman–Crippen MR) is 124 cm³/mol. The highest BCUT2D eigenvalue weighted by molar-refractivity contribution is 5.69. The molecule has 6 rings (SSSR count). The number of halogens is 2. The van der Waals surface area contributed by atoms with Crippen molar-refractivity contribution in [3.05, 3.63) is 65.1 Å². The Balaban J connectivity index is 1.09. The van der Waals surface area contributed by atoms with Crippen LogP contribution in [0.5, 0.6) is 0 Å².